The summed E-state index contributed by atoms with van der Waals surface area (Å²) in [5.74, 6) is 0. The van der Waals surface area contributed by atoms with E-state index in [-0.39, 0.29) is 47.3 Å². The maximum Gasteiger partial charge on any atom is 1.00 e. The number of benzene rings is 4. The Balaban J connectivity index is 0.00000210. The minimum atomic E-state index is -4.50. The molecule has 3 N–H and O–H groups in total. The van der Waals surface area contributed by atoms with Gasteiger partial charge >= 0.3 is 29.6 Å². The Labute approximate surface area is 248 Å². The normalized spacial score (nSPS) is 11.6. The summed E-state index contributed by atoms with van der Waals surface area (Å²) < 4.78 is 33.6. The second-order valence-corrected chi connectivity index (χ2v) is 10.3. The molecular weight excluding hydrogens is 531 g/mol. The van der Waals surface area contributed by atoms with Crippen LogP contribution in [0.15, 0.2) is 106 Å². The van der Waals surface area contributed by atoms with Crippen molar-refractivity contribution in [2.24, 2.45) is 10.2 Å². The largest absolute Gasteiger partial charge is 1.00 e. The van der Waals surface area contributed by atoms with Gasteiger partial charge in [-0.25, -0.2) is 0 Å². The Morgan fingerprint density at radius 1 is 0.895 bits per heavy atom. The van der Waals surface area contributed by atoms with Gasteiger partial charge in [-0.2, -0.15) is 8.42 Å². The van der Waals surface area contributed by atoms with E-state index < -0.39 is 10.1 Å². The van der Waals surface area contributed by atoms with E-state index in [9.17, 15) is 13.0 Å². The van der Waals surface area contributed by atoms with Gasteiger partial charge in [0.2, 0.25) is 0 Å². The first-order chi connectivity index (χ1) is 17.7. The van der Waals surface area contributed by atoms with Gasteiger partial charge in [0.15, 0.2) is 0 Å². The summed E-state index contributed by atoms with van der Waals surface area (Å²) in [6.45, 7) is 2.02. The summed E-state index contributed by atoms with van der Waals surface area (Å²) >= 11 is 6.21. The Bertz CT molecular complexity index is 1800. The van der Waals surface area contributed by atoms with Crippen molar-refractivity contribution in [3.8, 4) is 22.4 Å². The third kappa shape index (κ3) is 5.81. The number of pyridine rings is 1. The molecule has 1 aromatic heterocycles. The van der Waals surface area contributed by atoms with Gasteiger partial charge in [-0.1, -0.05) is 65.7 Å². The molecule has 0 bridgehead atoms. The first kappa shape index (κ1) is 27.9. The van der Waals surface area contributed by atoms with E-state index in [1.807, 2.05) is 49.4 Å². The van der Waals surface area contributed by atoms with Crippen LogP contribution in [0.3, 0.4) is 0 Å². The van der Waals surface area contributed by atoms with Gasteiger partial charge in [0, 0.05) is 21.4 Å². The van der Waals surface area contributed by atoms with Crippen LogP contribution in [0, 0.1) is 6.92 Å². The van der Waals surface area contributed by atoms with Gasteiger partial charge < -0.3 is 7.16 Å². The topological polar surface area (TPSA) is 118 Å². The van der Waals surface area contributed by atoms with Crippen LogP contribution in [0.4, 0.5) is 17.1 Å². The number of aryl methyl sites for hydroxylation is 1. The van der Waals surface area contributed by atoms with Crippen LogP contribution in [0.2, 0.25) is 5.02 Å². The van der Waals surface area contributed by atoms with Crippen molar-refractivity contribution in [1.29, 1.82) is 0 Å². The predicted molar refractivity (Wildman–Crippen MR) is 148 cm³/mol. The Morgan fingerprint density at radius 2 is 1.66 bits per heavy atom. The van der Waals surface area contributed by atoms with E-state index in [1.54, 1.807) is 36.5 Å². The zero-order chi connectivity index (χ0) is 26.2. The van der Waals surface area contributed by atoms with E-state index in [0.717, 1.165) is 27.9 Å². The summed E-state index contributed by atoms with van der Waals surface area (Å²) in [6.07, 6.45) is 1.57. The third-order valence-electron chi connectivity index (χ3n) is 5.91. The number of azo groups is 1. The molecule has 0 atom stereocenters. The molecule has 186 valence electrons. The van der Waals surface area contributed by atoms with Gasteiger partial charge in [-0.05, 0) is 54.4 Å². The van der Waals surface area contributed by atoms with E-state index in [0.29, 0.717) is 21.5 Å². The van der Waals surface area contributed by atoms with Crippen LogP contribution in [-0.4, -0.2) is 18.0 Å². The van der Waals surface area contributed by atoms with Crippen molar-refractivity contribution in [2.45, 2.75) is 11.8 Å². The predicted octanol–water partition coefficient (Wildman–Crippen LogP) is 4.89. The van der Waals surface area contributed by atoms with Crippen molar-refractivity contribution in [2.75, 3.05) is 5.73 Å². The van der Waals surface area contributed by atoms with Crippen LogP contribution in [0.1, 0.15) is 6.99 Å². The first-order valence-electron chi connectivity index (χ1n) is 11.2. The molecule has 0 radical (unpaired) electrons. The number of nitrogens with zero attached hydrogens (tertiary/aromatic N) is 3. The number of hydrogen-bond donors (Lipinski definition) is 2. The molecule has 1 heterocycles. The Kier molecular flexibility index (Phi) is 8.32. The van der Waals surface area contributed by atoms with E-state index in [4.69, 9.17) is 17.3 Å². The zero-order valence-electron chi connectivity index (χ0n) is 21.6. The third-order valence-corrected chi connectivity index (χ3v) is 7.04. The fraction of sp³-hybridized carbons (Fsp3) is 0.0357. The smallest absolute Gasteiger partial charge is 1.00 e. The summed E-state index contributed by atoms with van der Waals surface area (Å²) in [7, 11) is -4.50. The van der Waals surface area contributed by atoms with Crippen molar-refractivity contribution >= 4 is 49.6 Å². The van der Waals surface area contributed by atoms with Crippen LogP contribution in [-0.2, 0) is 10.1 Å². The summed E-state index contributed by atoms with van der Waals surface area (Å²) in [6, 6.07) is 25.2. The maximum absolute atomic E-state index is 12.0. The van der Waals surface area contributed by atoms with Crippen molar-refractivity contribution < 1.29 is 44.0 Å². The molecule has 4 aromatic carbocycles. The molecule has 0 spiro atoms. The van der Waals surface area contributed by atoms with E-state index in [1.165, 1.54) is 6.07 Å². The summed E-state index contributed by atoms with van der Waals surface area (Å²) in [5, 5.41) is 9.77. The van der Waals surface area contributed by atoms with Crippen molar-refractivity contribution in [3.63, 3.8) is 0 Å². The SMILES string of the molecule is Cc1ccc(-c2cccc(Cl)c2)c(-c2ccc(N=Nc3cc(S(=O)(=O)O)c4ccccc4c3N)cn2)c1.[H-].[Na+]. The average molecular weight is 553 g/mol. The molecule has 0 amide bonds. The molecule has 0 aliphatic carbocycles. The van der Waals surface area contributed by atoms with Gasteiger partial charge in [-0.15, -0.1) is 10.2 Å². The number of nitrogens with two attached hydrogens (primary N) is 1. The van der Waals surface area contributed by atoms with Gasteiger partial charge in [0.1, 0.15) is 16.3 Å². The molecule has 5 rings (SSSR count). The molecule has 38 heavy (non-hydrogen) atoms. The maximum atomic E-state index is 12.0. The Morgan fingerprint density at radius 3 is 2.34 bits per heavy atom. The summed E-state index contributed by atoms with van der Waals surface area (Å²) in [5.41, 5.74) is 11.8. The molecular formula is C28H22ClN4NaO3S. The molecule has 0 aliphatic rings. The average Bonchev–Trinajstić information content (AvgIpc) is 2.88. The van der Waals surface area contributed by atoms with Gasteiger partial charge in [0.05, 0.1) is 17.6 Å². The number of aromatic nitrogens is 1. The standard InChI is InChI=1S/C28H21ClN4O3S.Na.H/c1-17-9-11-21(18-5-4-6-19(29)14-18)24(13-17)25-12-10-20(16-31-25)32-33-26-15-27(37(34,35)36)22-7-2-3-8-23(22)28(26)30;;/h2-16H,30H2,1H3,(H,34,35,36);;/q;+1;-1. The fourth-order valence-corrected chi connectivity index (χ4v) is 5.05. The summed E-state index contributed by atoms with van der Waals surface area (Å²) in [4.78, 5) is 4.30. The number of hydrogen-bond acceptors (Lipinski definition) is 6. The van der Waals surface area contributed by atoms with Gasteiger partial charge in [0.25, 0.3) is 10.1 Å². The van der Waals surface area contributed by atoms with Crippen molar-refractivity contribution in [1.82, 2.24) is 4.98 Å². The van der Waals surface area contributed by atoms with Crippen LogP contribution in [0.25, 0.3) is 33.2 Å². The first-order valence-corrected chi connectivity index (χ1v) is 13.1. The molecule has 0 saturated carbocycles. The van der Waals surface area contributed by atoms with Crippen molar-refractivity contribution in [3.05, 3.63) is 102 Å². The number of nitrogen functional groups attached to an aromatic ring is 1. The second-order valence-electron chi connectivity index (χ2n) is 8.49. The Hall–Kier alpha value is -3.11. The number of fused-ring (bicyclic) bond motifs is 1. The molecule has 0 aliphatic heterocycles. The fourth-order valence-electron chi connectivity index (χ4n) is 4.14. The number of anilines is 1. The molecule has 7 nitrogen and oxygen atoms in total. The zero-order valence-corrected chi connectivity index (χ0v) is 24.2. The quantitative estimate of drug-likeness (QED) is 0.139. The minimum absolute atomic E-state index is 0. The molecule has 0 saturated heterocycles. The molecule has 0 fully saturated rings. The van der Waals surface area contributed by atoms with Crippen LogP contribution >= 0.6 is 11.6 Å². The van der Waals surface area contributed by atoms with Gasteiger partial charge in [-0.3, -0.25) is 9.54 Å². The molecule has 5 aromatic rings. The number of rotatable bonds is 5. The molecule has 10 heteroatoms. The monoisotopic (exact) mass is 552 g/mol. The minimum Gasteiger partial charge on any atom is -1.00 e. The van der Waals surface area contributed by atoms with E-state index >= 15 is 0 Å². The second kappa shape index (κ2) is 11.3. The number of halogens is 1. The molecule has 0 unspecified atom stereocenters. The van der Waals surface area contributed by atoms with Crippen LogP contribution < -0.4 is 35.3 Å². The van der Waals surface area contributed by atoms with E-state index in [2.05, 4.69) is 21.3 Å². The van der Waals surface area contributed by atoms with Crippen LogP contribution in [0.5, 0.6) is 0 Å².